The Morgan fingerprint density at radius 3 is 2.60 bits per heavy atom. The summed E-state index contributed by atoms with van der Waals surface area (Å²) in [6.07, 6.45) is 0. The Labute approximate surface area is 93.2 Å². The standard InChI is InChI=1S/C12H12ClNO/c1-6-4-5-9-10(8(3)15)12(13)14-11(9)7(6)2/h4-5,14H,1-3H3. The van der Waals surface area contributed by atoms with Gasteiger partial charge in [-0.2, -0.15) is 0 Å². The number of hydrogen-bond donors (Lipinski definition) is 1. The first kappa shape index (κ1) is 10.2. The molecule has 0 atom stereocenters. The van der Waals surface area contributed by atoms with Crippen LogP contribution in [0.3, 0.4) is 0 Å². The molecule has 0 unspecified atom stereocenters. The molecule has 0 bridgehead atoms. The number of benzene rings is 1. The number of aromatic nitrogens is 1. The van der Waals surface area contributed by atoms with E-state index in [1.165, 1.54) is 12.5 Å². The summed E-state index contributed by atoms with van der Waals surface area (Å²) in [4.78, 5) is 14.5. The second-order valence-electron chi connectivity index (χ2n) is 3.80. The lowest BCUT2D eigenvalue weighted by atomic mass is 10.0. The maximum Gasteiger partial charge on any atom is 0.163 e. The molecule has 1 N–H and O–H groups in total. The number of H-pyrrole nitrogens is 1. The molecule has 2 rings (SSSR count). The molecule has 0 aliphatic rings. The first-order valence-electron chi connectivity index (χ1n) is 4.80. The third-order valence-corrected chi connectivity index (χ3v) is 3.09. The molecule has 15 heavy (non-hydrogen) atoms. The van der Waals surface area contributed by atoms with Gasteiger partial charge in [0.1, 0.15) is 5.15 Å². The number of carbonyl (C=O) groups excluding carboxylic acids is 1. The number of Topliss-reactive ketones (excluding diaryl/α,β-unsaturated/α-hetero) is 1. The number of aromatic amines is 1. The monoisotopic (exact) mass is 221 g/mol. The van der Waals surface area contributed by atoms with Crippen molar-refractivity contribution in [2.45, 2.75) is 20.8 Å². The molecule has 0 saturated heterocycles. The predicted octanol–water partition coefficient (Wildman–Crippen LogP) is 3.64. The Bertz CT molecular complexity index is 554. The van der Waals surface area contributed by atoms with Crippen molar-refractivity contribution in [3.05, 3.63) is 34.0 Å². The number of rotatable bonds is 1. The van der Waals surface area contributed by atoms with Gasteiger partial charge >= 0.3 is 0 Å². The number of fused-ring (bicyclic) bond motifs is 1. The molecule has 1 heterocycles. The second-order valence-corrected chi connectivity index (χ2v) is 4.18. The number of ketones is 1. The van der Waals surface area contributed by atoms with Gasteiger partial charge in [0.15, 0.2) is 5.78 Å². The van der Waals surface area contributed by atoms with E-state index in [9.17, 15) is 4.79 Å². The third kappa shape index (κ3) is 1.45. The molecule has 0 fully saturated rings. The molecule has 0 amide bonds. The summed E-state index contributed by atoms with van der Waals surface area (Å²) in [6, 6.07) is 3.95. The van der Waals surface area contributed by atoms with Gasteiger partial charge in [-0.15, -0.1) is 0 Å². The summed E-state index contributed by atoms with van der Waals surface area (Å²) >= 11 is 6.01. The highest BCUT2D eigenvalue weighted by Gasteiger charge is 2.15. The molecule has 2 nitrogen and oxygen atoms in total. The second kappa shape index (κ2) is 3.38. The third-order valence-electron chi connectivity index (χ3n) is 2.81. The molecule has 0 saturated carbocycles. The zero-order chi connectivity index (χ0) is 11.2. The van der Waals surface area contributed by atoms with Gasteiger partial charge in [-0.1, -0.05) is 23.7 Å². The SMILES string of the molecule is CC(=O)c1c(Cl)[nH]c2c(C)c(C)ccc12. The first-order valence-corrected chi connectivity index (χ1v) is 5.18. The van der Waals surface area contributed by atoms with Crippen LogP contribution in [0.15, 0.2) is 12.1 Å². The lowest BCUT2D eigenvalue weighted by Crippen LogP contribution is -1.90. The molecule has 3 heteroatoms. The fraction of sp³-hybridized carbons (Fsp3) is 0.250. The van der Waals surface area contributed by atoms with Crippen molar-refractivity contribution in [2.24, 2.45) is 0 Å². The Kier molecular flexibility index (Phi) is 2.31. The number of aryl methyl sites for hydroxylation is 2. The molecule has 1 aromatic heterocycles. The number of hydrogen-bond acceptors (Lipinski definition) is 1. The van der Waals surface area contributed by atoms with Crippen LogP contribution in [-0.4, -0.2) is 10.8 Å². The summed E-state index contributed by atoms with van der Waals surface area (Å²) in [5, 5.41) is 1.35. The van der Waals surface area contributed by atoms with Crippen LogP contribution < -0.4 is 0 Å². The summed E-state index contributed by atoms with van der Waals surface area (Å²) in [5.74, 6) is -0.00509. The van der Waals surface area contributed by atoms with Crippen LogP contribution in [0.4, 0.5) is 0 Å². The molecule has 0 aliphatic heterocycles. The molecule has 0 aliphatic carbocycles. The van der Waals surface area contributed by atoms with Crippen molar-refractivity contribution in [1.29, 1.82) is 0 Å². The number of nitrogens with one attached hydrogen (secondary N) is 1. The van der Waals surface area contributed by atoms with Crippen LogP contribution in [0.5, 0.6) is 0 Å². The van der Waals surface area contributed by atoms with E-state index in [1.54, 1.807) is 0 Å². The average molecular weight is 222 g/mol. The Balaban J connectivity index is 2.91. The number of carbonyl (C=O) groups is 1. The van der Waals surface area contributed by atoms with E-state index < -0.39 is 0 Å². The summed E-state index contributed by atoms with van der Waals surface area (Å²) in [5.41, 5.74) is 3.89. The Morgan fingerprint density at radius 2 is 2.00 bits per heavy atom. The van der Waals surface area contributed by atoms with Crippen molar-refractivity contribution < 1.29 is 4.79 Å². The van der Waals surface area contributed by atoms with Gasteiger partial charge in [0.2, 0.25) is 0 Å². The average Bonchev–Trinajstić information content (AvgIpc) is 2.49. The van der Waals surface area contributed by atoms with E-state index in [-0.39, 0.29) is 5.78 Å². The summed E-state index contributed by atoms with van der Waals surface area (Å²) in [6.45, 7) is 5.59. The number of halogens is 1. The lowest BCUT2D eigenvalue weighted by molar-refractivity contribution is 0.101. The molecule has 78 valence electrons. The van der Waals surface area contributed by atoms with Crippen LogP contribution in [0, 0.1) is 13.8 Å². The van der Waals surface area contributed by atoms with Gasteiger partial charge in [-0.25, -0.2) is 0 Å². The first-order chi connectivity index (χ1) is 7.02. The molecular weight excluding hydrogens is 210 g/mol. The highest BCUT2D eigenvalue weighted by atomic mass is 35.5. The quantitative estimate of drug-likeness (QED) is 0.733. The van der Waals surface area contributed by atoms with E-state index in [4.69, 9.17) is 11.6 Å². The minimum absolute atomic E-state index is 0.00509. The zero-order valence-corrected chi connectivity index (χ0v) is 9.70. The van der Waals surface area contributed by atoms with Crippen molar-refractivity contribution in [3.8, 4) is 0 Å². The minimum atomic E-state index is -0.00509. The molecule has 2 aromatic rings. The van der Waals surface area contributed by atoms with E-state index in [2.05, 4.69) is 4.98 Å². The summed E-state index contributed by atoms with van der Waals surface area (Å²) < 4.78 is 0. The molecular formula is C12H12ClNO. The summed E-state index contributed by atoms with van der Waals surface area (Å²) in [7, 11) is 0. The van der Waals surface area contributed by atoms with Gasteiger partial charge < -0.3 is 4.98 Å². The zero-order valence-electron chi connectivity index (χ0n) is 8.94. The fourth-order valence-corrected chi connectivity index (χ4v) is 2.15. The van der Waals surface area contributed by atoms with Crippen LogP contribution in [0.2, 0.25) is 5.15 Å². The highest BCUT2D eigenvalue weighted by molar-refractivity contribution is 6.35. The Hall–Kier alpha value is -1.28. The minimum Gasteiger partial charge on any atom is -0.345 e. The fourth-order valence-electron chi connectivity index (χ4n) is 1.82. The van der Waals surface area contributed by atoms with Crippen molar-refractivity contribution in [3.63, 3.8) is 0 Å². The van der Waals surface area contributed by atoms with Gasteiger partial charge in [0.05, 0.1) is 11.1 Å². The smallest absolute Gasteiger partial charge is 0.163 e. The van der Waals surface area contributed by atoms with Crippen molar-refractivity contribution >= 4 is 28.3 Å². The normalized spacial score (nSPS) is 10.9. The van der Waals surface area contributed by atoms with Gasteiger partial charge in [0, 0.05) is 5.39 Å². The van der Waals surface area contributed by atoms with Gasteiger partial charge in [0.25, 0.3) is 0 Å². The van der Waals surface area contributed by atoms with Crippen LogP contribution >= 0.6 is 11.6 Å². The van der Waals surface area contributed by atoms with E-state index in [0.29, 0.717) is 10.7 Å². The van der Waals surface area contributed by atoms with Crippen molar-refractivity contribution in [1.82, 2.24) is 4.98 Å². The highest BCUT2D eigenvalue weighted by Crippen LogP contribution is 2.29. The molecule has 0 spiro atoms. The van der Waals surface area contributed by atoms with E-state index in [1.807, 2.05) is 26.0 Å². The molecule has 1 aromatic carbocycles. The topological polar surface area (TPSA) is 32.9 Å². The predicted molar refractivity (Wildman–Crippen MR) is 62.8 cm³/mol. The van der Waals surface area contributed by atoms with Crippen LogP contribution in [0.25, 0.3) is 10.9 Å². The van der Waals surface area contributed by atoms with Crippen LogP contribution in [0.1, 0.15) is 28.4 Å². The van der Waals surface area contributed by atoms with Crippen molar-refractivity contribution in [2.75, 3.05) is 0 Å². The lowest BCUT2D eigenvalue weighted by Gasteiger charge is -2.01. The van der Waals surface area contributed by atoms with Gasteiger partial charge in [-0.05, 0) is 31.9 Å². The van der Waals surface area contributed by atoms with E-state index >= 15 is 0 Å². The van der Waals surface area contributed by atoms with Crippen LogP contribution in [-0.2, 0) is 0 Å². The largest absolute Gasteiger partial charge is 0.345 e. The Morgan fingerprint density at radius 1 is 1.33 bits per heavy atom. The maximum absolute atomic E-state index is 11.4. The maximum atomic E-state index is 11.4. The van der Waals surface area contributed by atoms with Gasteiger partial charge in [-0.3, -0.25) is 4.79 Å². The van der Waals surface area contributed by atoms with E-state index in [0.717, 1.165) is 16.5 Å². The molecule has 0 radical (unpaired) electrons.